The van der Waals surface area contributed by atoms with E-state index in [0.717, 1.165) is 17.0 Å². The standard InChI is InChI=1S/C17H19F4N3O.ClH/c1-16(2,10-3-5-11(6-4-10)17(19,20)21)14(23)15(25)24-9-12(18)7-13(24)8-22;/h3-6,12-14H,7,9,23H2,1-2H3;1H/t12-,13-,14+;/m0./s1. The van der Waals surface area contributed by atoms with Crippen LogP contribution in [-0.4, -0.2) is 35.6 Å². The largest absolute Gasteiger partial charge is 0.416 e. The number of likely N-dealkylation sites (tertiary alicyclic amines) is 1. The van der Waals surface area contributed by atoms with E-state index in [2.05, 4.69) is 0 Å². The Balaban J connectivity index is 0.00000338. The van der Waals surface area contributed by atoms with Crippen LogP contribution in [0.15, 0.2) is 24.3 Å². The Morgan fingerprint density at radius 3 is 2.23 bits per heavy atom. The molecule has 1 heterocycles. The summed E-state index contributed by atoms with van der Waals surface area (Å²) < 4.78 is 51.5. The first kappa shape index (κ1) is 22.2. The van der Waals surface area contributed by atoms with Crippen molar-refractivity contribution < 1.29 is 22.4 Å². The molecular formula is C17H20ClF4N3O. The Labute approximate surface area is 155 Å². The first-order chi connectivity index (χ1) is 11.5. The number of halogens is 5. The molecule has 0 bridgehead atoms. The molecule has 3 atom stereocenters. The molecule has 0 aliphatic carbocycles. The van der Waals surface area contributed by atoms with Crippen molar-refractivity contribution in [2.24, 2.45) is 5.73 Å². The summed E-state index contributed by atoms with van der Waals surface area (Å²) in [5.41, 5.74) is 4.71. The number of alkyl halides is 4. The quantitative estimate of drug-likeness (QED) is 0.802. The van der Waals surface area contributed by atoms with Crippen molar-refractivity contribution in [3.05, 3.63) is 35.4 Å². The maximum atomic E-state index is 13.5. The molecule has 9 heteroatoms. The molecule has 1 saturated heterocycles. The van der Waals surface area contributed by atoms with E-state index >= 15 is 0 Å². The molecule has 0 aromatic heterocycles. The monoisotopic (exact) mass is 393 g/mol. The molecular weight excluding hydrogens is 374 g/mol. The summed E-state index contributed by atoms with van der Waals surface area (Å²) in [6, 6.07) is 4.30. The van der Waals surface area contributed by atoms with Gasteiger partial charge in [0.15, 0.2) is 0 Å². The van der Waals surface area contributed by atoms with Crippen LogP contribution in [0.2, 0.25) is 0 Å². The fraction of sp³-hybridized carbons (Fsp3) is 0.529. The molecule has 1 aromatic rings. The molecule has 4 nitrogen and oxygen atoms in total. The van der Waals surface area contributed by atoms with Crippen molar-refractivity contribution in [2.45, 2.75) is 50.1 Å². The van der Waals surface area contributed by atoms with Crippen molar-refractivity contribution in [2.75, 3.05) is 6.54 Å². The molecule has 0 saturated carbocycles. The minimum Gasteiger partial charge on any atom is -0.322 e. The second kappa shape index (κ2) is 7.80. The molecule has 1 fully saturated rings. The van der Waals surface area contributed by atoms with Crippen molar-refractivity contribution >= 4 is 18.3 Å². The van der Waals surface area contributed by atoms with Crippen LogP contribution in [0.4, 0.5) is 17.6 Å². The maximum absolute atomic E-state index is 13.5. The van der Waals surface area contributed by atoms with E-state index in [4.69, 9.17) is 11.0 Å². The fourth-order valence-electron chi connectivity index (χ4n) is 2.91. The number of hydrogen-bond acceptors (Lipinski definition) is 3. The van der Waals surface area contributed by atoms with Crippen LogP contribution in [-0.2, 0) is 16.4 Å². The van der Waals surface area contributed by atoms with Crippen LogP contribution >= 0.6 is 12.4 Å². The van der Waals surface area contributed by atoms with Gasteiger partial charge in [-0.15, -0.1) is 12.4 Å². The smallest absolute Gasteiger partial charge is 0.322 e. The molecule has 1 amide bonds. The number of benzene rings is 1. The van der Waals surface area contributed by atoms with Crippen molar-refractivity contribution in [3.8, 4) is 6.07 Å². The normalized spacial score (nSPS) is 21.7. The highest BCUT2D eigenvalue weighted by atomic mass is 35.5. The predicted molar refractivity (Wildman–Crippen MR) is 90.3 cm³/mol. The number of rotatable bonds is 3. The number of nitrogens with zero attached hydrogens (tertiary/aromatic N) is 2. The van der Waals surface area contributed by atoms with E-state index in [-0.39, 0.29) is 25.4 Å². The molecule has 2 rings (SSSR count). The fourth-order valence-corrected chi connectivity index (χ4v) is 2.91. The number of nitrogens with two attached hydrogens (primary N) is 1. The van der Waals surface area contributed by atoms with Gasteiger partial charge in [0.25, 0.3) is 0 Å². The maximum Gasteiger partial charge on any atom is 0.416 e. The Morgan fingerprint density at radius 2 is 1.77 bits per heavy atom. The van der Waals surface area contributed by atoms with E-state index in [1.54, 1.807) is 13.8 Å². The molecule has 1 aromatic carbocycles. The number of carbonyl (C=O) groups excluding carboxylic acids is 1. The molecule has 1 aliphatic heterocycles. The van der Waals surface area contributed by atoms with Gasteiger partial charge in [-0.05, 0) is 17.7 Å². The lowest BCUT2D eigenvalue weighted by atomic mass is 9.77. The number of hydrogen-bond donors (Lipinski definition) is 1. The van der Waals surface area contributed by atoms with Crippen LogP contribution in [0, 0.1) is 11.3 Å². The zero-order chi connectivity index (χ0) is 19.0. The molecule has 0 radical (unpaired) electrons. The molecule has 144 valence electrons. The number of nitriles is 1. The van der Waals surface area contributed by atoms with E-state index in [1.165, 1.54) is 12.1 Å². The van der Waals surface area contributed by atoms with Gasteiger partial charge in [0, 0.05) is 11.8 Å². The van der Waals surface area contributed by atoms with Gasteiger partial charge in [-0.25, -0.2) is 4.39 Å². The van der Waals surface area contributed by atoms with E-state index in [1.807, 2.05) is 6.07 Å². The van der Waals surface area contributed by atoms with E-state index in [0.29, 0.717) is 5.56 Å². The Kier molecular flexibility index (Phi) is 6.66. The zero-order valence-corrected chi connectivity index (χ0v) is 15.1. The summed E-state index contributed by atoms with van der Waals surface area (Å²) in [6.45, 7) is 3.05. The highest BCUT2D eigenvalue weighted by Crippen LogP contribution is 2.33. The Hall–Kier alpha value is -1.85. The van der Waals surface area contributed by atoms with Crippen LogP contribution in [0.3, 0.4) is 0 Å². The molecule has 2 N–H and O–H groups in total. The van der Waals surface area contributed by atoms with Gasteiger partial charge in [0.05, 0.1) is 24.2 Å². The van der Waals surface area contributed by atoms with Crippen LogP contribution in [0.1, 0.15) is 31.4 Å². The van der Waals surface area contributed by atoms with Gasteiger partial charge < -0.3 is 10.6 Å². The zero-order valence-electron chi connectivity index (χ0n) is 14.3. The van der Waals surface area contributed by atoms with Crippen LogP contribution in [0.5, 0.6) is 0 Å². The van der Waals surface area contributed by atoms with Gasteiger partial charge in [-0.1, -0.05) is 26.0 Å². The Bertz CT molecular complexity index is 685. The van der Waals surface area contributed by atoms with Crippen molar-refractivity contribution in [1.29, 1.82) is 5.26 Å². The number of carbonyl (C=O) groups is 1. The molecule has 0 unspecified atom stereocenters. The average Bonchev–Trinajstić information content (AvgIpc) is 2.93. The lowest BCUT2D eigenvalue weighted by Gasteiger charge is -2.34. The van der Waals surface area contributed by atoms with Crippen molar-refractivity contribution in [3.63, 3.8) is 0 Å². The third-order valence-corrected chi connectivity index (χ3v) is 4.68. The van der Waals surface area contributed by atoms with E-state index in [9.17, 15) is 22.4 Å². The SMILES string of the molecule is CC(C)(c1ccc(C(F)(F)F)cc1)[C@H](N)C(=O)N1C[C@@H](F)C[C@H]1C#N.Cl. The van der Waals surface area contributed by atoms with Gasteiger partial charge in [0.2, 0.25) is 5.91 Å². The summed E-state index contributed by atoms with van der Waals surface area (Å²) >= 11 is 0. The van der Waals surface area contributed by atoms with Gasteiger partial charge in [-0.2, -0.15) is 18.4 Å². The summed E-state index contributed by atoms with van der Waals surface area (Å²) in [6.07, 6.45) is -5.79. The minimum atomic E-state index is -4.45. The van der Waals surface area contributed by atoms with E-state index < -0.39 is 41.3 Å². The Morgan fingerprint density at radius 1 is 1.27 bits per heavy atom. The highest BCUT2D eigenvalue weighted by molar-refractivity contribution is 5.85. The molecule has 26 heavy (non-hydrogen) atoms. The summed E-state index contributed by atoms with van der Waals surface area (Å²) in [7, 11) is 0. The lowest BCUT2D eigenvalue weighted by molar-refractivity contribution is -0.137. The predicted octanol–water partition coefficient (Wildman–Crippen LogP) is 3.19. The average molecular weight is 394 g/mol. The second-order valence-electron chi connectivity index (χ2n) is 6.74. The summed E-state index contributed by atoms with van der Waals surface area (Å²) in [4.78, 5) is 13.7. The highest BCUT2D eigenvalue weighted by Gasteiger charge is 2.42. The first-order valence-electron chi connectivity index (χ1n) is 7.76. The third-order valence-electron chi connectivity index (χ3n) is 4.68. The van der Waals surface area contributed by atoms with Gasteiger partial charge in [-0.3, -0.25) is 4.79 Å². The third kappa shape index (κ3) is 4.27. The van der Waals surface area contributed by atoms with Gasteiger partial charge in [0.1, 0.15) is 12.2 Å². The minimum absolute atomic E-state index is 0. The summed E-state index contributed by atoms with van der Waals surface area (Å²) in [5, 5.41) is 9.05. The molecule has 0 spiro atoms. The van der Waals surface area contributed by atoms with Gasteiger partial charge >= 0.3 is 6.18 Å². The topological polar surface area (TPSA) is 70.1 Å². The first-order valence-corrected chi connectivity index (χ1v) is 7.76. The number of amides is 1. The van der Waals surface area contributed by atoms with Crippen LogP contribution < -0.4 is 5.73 Å². The summed E-state index contributed by atoms with van der Waals surface area (Å²) in [5.74, 6) is -0.586. The lowest BCUT2D eigenvalue weighted by Crippen LogP contribution is -2.54. The van der Waals surface area contributed by atoms with Crippen molar-refractivity contribution in [1.82, 2.24) is 4.90 Å². The molecule has 1 aliphatic rings. The van der Waals surface area contributed by atoms with Crippen LogP contribution in [0.25, 0.3) is 0 Å². The second-order valence-corrected chi connectivity index (χ2v) is 6.74.